The van der Waals surface area contributed by atoms with Crippen LogP contribution >= 0.6 is 0 Å². The second-order valence-corrected chi connectivity index (χ2v) is 10.4. The van der Waals surface area contributed by atoms with Gasteiger partial charge in [0, 0.05) is 25.1 Å². The number of amides is 2. The largest absolute Gasteiger partial charge is 0.334 e. The van der Waals surface area contributed by atoms with E-state index >= 15 is 0 Å². The van der Waals surface area contributed by atoms with Gasteiger partial charge in [0.05, 0.1) is 28.3 Å². The quantitative estimate of drug-likeness (QED) is 0.341. The lowest BCUT2D eigenvalue weighted by Crippen LogP contribution is -2.42. The topological polar surface area (TPSA) is 111 Å². The van der Waals surface area contributed by atoms with Crippen LogP contribution in [0.2, 0.25) is 0 Å². The summed E-state index contributed by atoms with van der Waals surface area (Å²) in [6, 6.07) is 20.6. The molecule has 2 aromatic heterocycles. The summed E-state index contributed by atoms with van der Waals surface area (Å²) in [7, 11) is -2.13. The van der Waals surface area contributed by atoms with Gasteiger partial charge in [0.15, 0.2) is 0 Å². The molecule has 0 aliphatic rings. The number of aromatic nitrogens is 4. The molecule has 2 N–H and O–H groups in total. The van der Waals surface area contributed by atoms with Crippen LogP contribution < -0.4 is 10.0 Å². The maximum atomic E-state index is 13.0. The number of aryl methyl sites for hydroxylation is 2. The minimum absolute atomic E-state index is 0.0509. The highest BCUT2D eigenvalue weighted by atomic mass is 32.2. The minimum atomic E-state index is -4.06. The van der Waals surface area contributed by atoms with Crippen LogP contribution in [-0.4, -0.2) is 33.6 Å². The first-order chi connectivity index (χ1) is 17.8. The van der Waals surface area contributed by atoms with Crippen molar-refractivity contribution >= 4 is 27.1 Å². The number of imidazole rings is 2. The van der Waals surface area contributed by atoms with E-state index in [9.17, 15) is 13.2 Å². The molecule has 0 fully saturated rings. The Bertz CT molecular complexity index is 1670. The molecule has 0 aliphatic carbocycles. The van der Waals surface area contributed by atoms with Gasteiger partial charge in [0.25, 0.3) is 10.0 Å². The molecular formula is C27H26N6O3S. The van der Waals surface area contributed by atoms with Crippen molar-refractivity contribution in [3.63, 3.8) is 0 Å². The van der Waals surface area contributed by atoms with Crippen molar-refractivity contribution in [1.82, 2.24) is 29.1 Å². The van der Waals surface area contributed by atoms with Crippen LogP contribution in [0.1, 0.15) is 23.0 Å². The van der Waals surface area contributed by atoms with Crippen LogP contribution in [0, 0.1) is 6.92 Å². The summed E-state index contributed by atoms with van der Waals surface area (Å²) in [5.41, 5.74) is 4.15. The van der Waals surface area contributed by atoms with Gasteiger partial charge in [-0.15, -0.1) is 0 Å². The molecule has 0 saturated heterocycles. The van der Waals surface area contributed by atoms with Crippen molar-refractivity contribution in [2.24, 2.45) is 7.05 Å². The monoisotopic (exact) mass is 514 g/mol. The number of benzene rings is 3. The summed E-state index contributed by atoms with van der Waals surface area (Å²) in [4.78, 5) is 22.0. The molecule has 0 saturated carbocycles. The van der Waals surface area contributed by atoms with Gasteiger partial charge in [-0.05, 0) is 48.7 Å². The maximum Gasteiger partial charge on any atom is 0.329 e. The Kier molecular flexibility index (Phi) is 6.49. The predicted molar refractivity (Wildman–Crippen MR) is 141 cm³/mol. The maximum absolute atomic E-state index is 13.0. The van der Waals surface area contributed by atoms with Gasteiger partial charge >= 0.3 is 6.03 Å². The number of rotatable bonds is 7. The van der Waals surface area contributed by atoms with E-state index in [1.165, 1.54) is 6.07 Å². The van der Waals surface area contributed by atoms with Crippen molar-refractivity contribution in [2.75, 3.05) is 0 Å². The number of urea groups is 1. The second-order valence-electron chi connectivity index (χ2n) is 8.77. The Morgan fingerprint density at radius 3 is 2.54 bits per heavy atom. The van der Waals surface area contributed by atoms with Gasteiger partial charge in [-0.1, -0.05) is 48.5 Å². The van der Waals surface area contributed by atoms with E-state index in [0.717, 1.165) is 22.3 Å². The Morgan fingerprint density at radius 2 is 1.76 bits per heavy atom. The van der Waals surface area contributed by atoms with Crippen molar-refractivity contribution in [3.05, 3.63) is 108 Å². The van der Waals surface area contributed by atoms with Gasteiger partial charge in [-0.3, -0.25) is 0 Å². The highest BCUT2D eigenvalue weighted by molar-refractivity contribution is 7.90. The molecule has 3 aromatic carbocycles. The third-order valence-corrected chi connectivity index (χ3v) is 7.66. The number of carbonyl (C=O) groups is 1. The van der Waals surface area contributed by atoms with Gasteiger partial charge in [0.2, 0.25) is 0 Å². The lowest BCUT2D eigenvalue weighted by atomic mass is 10.1. The Labute approximate surface area is 214 Å². The van der Waals surface area contributed by atoms with Gasteiger partial charge in [0.1, 0.15) is 5.82 Å². The summed E-state index contributed by atoms with van der Waals surface area (Å²) < 4.78 is 31.8. The molecule has 0 bridgehead atoms. The molecule has 5 rings (SSSR count). The fourth-order valence-electron chi connectivity index (χ4n) is 4.34. The molecule has 37 heavy (non-hydrogen) atoms. The molecule has 0 spiro atoms. The third-order valence-electron chi connectivity index (χ3n) is 6.17. The van der Waals surface area contributed by atoms with Crippen LogP contribution in [0.15, 0.2) is 96.4 Å². The summed E-state index contributed by atoms with van der Waals surface area (Å²) in [5.74, 6) is 0.558. The Morgan fingerprint density at radius 1 is 1.00 bits per heavy atom. The average molecular weight is 515 g/mol. The summed E-state index contributed by atoms with van der Waals surface area (Å²) in [5, 5.41) is 2.83. The first-order valence-electron chi connectivity index (χ1n) is 11.7. The van der Waals surface area contributed by atoms with Crippen LogP contribution in [0.25, 0.3) is 16.7 Å². The zero-order valence-corrected chi connectivity index (χ0v) is 21.2. The van der Waals surface area contributed by atoms with E-state index in [-0.39, 0.29) is 4.90 Å². The molecular weight excluding hydrogens is 488 g/mol. The fourth-order valence-corrected chi connectivity index (χ4v) is 5.51. The standard InChI is InChI=1S/C27H26N6O3S/c1-19-8-6-7-11-25(19)37(35,36)31-27(34)30-23(16-20-9-4-3-5-10-20)26-28-14-15-33(26)21-12-13-24-22(17-21)29-18-32(24)2/h3-15,17-18,23H,16H2,1-2H3,(H2,30,31,34)/t23-/m0/s1. The third kappa shape index (κ3) is 5.10. The van der Waals surface area contributed by atoms with Crippen LogP contribution in [0.4, 0.5) is 4.79 Å². The summed E-state index contributed by atoms with van der Waals surface area (Å²) in [6.45, 7) is 1.68. The van der Waals surface area contributed by atoms with Gasteiger partial charge in [-0.2, -0.15) is 0 Å². The number of sulfonamides is 1. The van der Waals surface area contributed by atoms with Crippen molar-refractivity contribution < 1.29 is 13.2 Å². The van der Waals surface area contributed by atoms with E-state index in [0.29, 0.717) is 17.8 Å². The van der Waals surface area contributed by atoms with E-state index in [1.807, 2.05) is 64.7 Å². The molecule has 1 atom stereocenters. The van der Waals surface area contributed by atoms with Crippen LogP contribution in [0.5, 0.6) is 0 Å². The fraction of sp³-hybridized carbons (Fsp3) is 0.148. The van der Waals surface area contributed by atoms with Crippen molar-refractivity contribution in [2.45, 2.75) is 24.3 Å². The lowest BCUT2D eigenvalue weighted by molar-refractivity contribution is 0.241. The first kappa shape index (κ1) is 24.3. The zero-order valence-electron chi connectivity index (χ0n) is 20.4. The molecule has 10 heteroatoms. The van der Waals surface area contributed by atoms with Crippen LogP contribution in [0.3, 0.4) is 0 Å². The number of hydrogen-bond donors (Lipinski definition) is 2. The van der Waals surface area contributed by atoms with Crippen molar-refractivity contribution in [3.8, 4) is 5.69 Å². The Hall–Kier alpha value is -4.44. The zero-order chi connectivity index (χ0) is 26.0. The minimum Gasteiger partial charge on any atom is -0.334 e. The second kappa shape index (κ2) is 9.90. The summed E-state index contributed by atoms with van der Waals surface area (Å²) >= 11 is 0. The number of hydrogen-bond acceptors (Lipinski definition) is 5. The van der Waals surface area contributed by atoms with E-state index < -0.39 is 22.1 Å². The predicted octanol–water partition coefficient (Wildman–Crippen LogP) is 4.04. The van der Waals surface area contributed by atoms with E-state index in [1.54, 1.807) is 43.8 Å². The molecule has 5 aromatic rings. The molecule has 0 aliphatic heterocycles. The van der Waals surface area contributed by atoms with Gasteiger partial charge < -0.3 is 14.5 Å². The lowest BCUT2D eigenvalue weighted by Gasteiger charge is -2.21. The highest BCUT2D eigenvalue weighted by Gasteiger charge is 2.25. The Balaban J connectivity index is 1.47. The number of nitrogens with zero attached hydrogens (tertiary/aromatic N) is 4. The number of carbonyl (C=O) groups excluding carboxylic acids is 1. The average Bonchev–Trinajstić information content (AvgIpc) is 3.51. The number of nitrogens with one attached hydrogen (secondary N) is 2. The normalized spacial score (nSPS) is 12.4. The molecule has 2 heterocycles. The molecule has 0 radical (unpaired) electrons. The van der Waals surface area contributed by atoms with Crippen molar-refractivity contribution in [1.29, 1.82) is 0 Å². The molecule has 2 amide bonds. The van der Waals surface area contributed by atoms with Crippen LogP contribution in [-0.2, 0) is 23.5 Å². The molecule has 188 valence electrons. The SMILES string of the molecule is Cc1ccccc1S(=O)(=O)NC(=O)N[C@@H](Cc1ccccc1)c1nccn1-c1ccc2c(c1)ncn2C. The molecule has 9 nitrogen and oxygen atoms in total. The molecule has 0 unspecified atom stereocenters. The van der Waals surface area contributed by atoms with E-state index in [4.69, 9.17) is 0 Å². The summed E-state index contributed by atoms with van der Waals surface area (Å²) in [6.07, 6.45) is 5.62. The smallest absolute Gasteiger partial charge is 0.329 e. The first-order valence-corrected chi connectivity index (χ1v) is 13.2. The van der Waals surface area contributed by atoms with E-state index in [2.05, 4.69) is 20.0 Å². The highest BCUT2D eigenvalue weighted by Crippen LogP contribution is 2.23. The van der Waals surface area contributed by atoms with Gasteiger partial charge in [-0.25, -0.2) is 27.9 Å². The number of fused-ring (bicyclic) bond motifs is 1.